The Morgan fingerprint density at radius 2 is 1.56 bits per heavy atom. The fraction of sp³-hybridized carbons (Fsp3) is 0.350. The SMILES string of the molecule is O=C(c1ccc(C(F)(F)F)cc1)c1ccccc1CN1CCCCC1. The van der Waals surface area contributed by atoms with Crippen LogP contribution in [0, 0.1) is 0 Å². The minimum absolute atomic E-state index is 0.235. The molecule has 0 aromatic heterocycles. The Hall–Kier alpha value is -2.14. The van der Waals surface area contributed by atoms with E-state index in [0.29, 0.717) is 12.1 Å². The number of halogens is 3. The Balaban J connectivity index is 1.82. The second-order valence-corrected chi connectivity index (χ2v) is 6.40. The van der Waals surface area contributed by atoms with Gasteiger partial charge in [-0.1, -0.05) is 42.8 Å². The van der Waals surface area contributed by atoms with Crippen LogP contribution in [0.3, 0.4) is 0 Å². The molecule has 2 aromatic rings. The highest BCUT2D eigenvalue weighted by atomic mass is 19.4. The molecule has 1 heterocycles. The number of hydrogen-bond acceptors (Lipinski definition) is 2. The summed E-state index contributed by atoms with van der Waals surface area (Å²) in [5.41, 5.74) is 1.02. The minimum atomic E-state index is -4.40. The van der Waals surface area contributed by atoms with E-state index in [1.165, 1.54) is 18.6 Å². The Bertz CT molecular complexity index is 731. The van der Waals surface area contributed by atoms with Crippen LogP contribution in [0.15, 0.2) is 48.5 Å². The van der Waals surface area contributed by atoms with Gasteiger partial charge in [-0.2, -0.15) is 13.2 Å². The molecule has 1 aliphatic heterocycles. The number of nitrogens with zero attached hydrogens (tertiary/aromatic N) is 1. The Morgan fingerprint density at radius 3 is 2.20 bits per heavy atom. The fourth-order valence-corrected chi connectivity index (χ4v) is 3.20. The van der Waals surface area contributed by atoms with E-state index >= 15 is 0 Å². The summed E-state index contributed by atoms with van der Waals surface area (Å²) >= 11 is 0. The first-order valence-corrected chi connectivity index (χ1v) is 8.47. The monoisotopic (exact) mass is 347 g/mol. The number of alkyl halides is 3. The molecule has 0 atom stereocenters. The topological polar surface area (TPSA) is 20.3 Å². The number of likely N-dealkylation sites (tertiary alicyclic amines) is 1. The third kappa shape index (κ3) is 4.28. The summed E-state index contributed by atoms with van der Waals surface area (Å²) in [7, 11) is 0. The van der Waals surface area contributed by atoms with Crippen molar-refractivity contribution >= 4 is 5.78 Å². The van der Waals surface area contributed by atoms with Crippen molar-refractivity contribution in [3.8, 4) is 0 Å². The molecule has 0 radical (unpaired) electrons. The van der Waals surface area contributed by atoms with Gasteiger partial charge in [0.05, 0.1) is 5.56 Å². The predicted molar refractivity (Wildman–Crippen MR) is 90.4 cm³/mol. The molecule has 0 N–H and O–H groups in total. The molecular formula is C20H20F3NO. The number of carbonyl (C=O) groups is 1. The van der Waals surface area contributed by atoms with E-state index in [0.717, 1.165) is 43.6 Å². The van der Waals surface area contributed by atoms with Crippen LogP contribution in [-0.4, -0.2) is 23.8 Å². The van der Waals surface area contributed by atoms with Crippen molar-refractivity contribution in [1.29, 1.82) is 0 Å². The summed E-state index contributed by atoms with van der Waals surface area (Å²) < 4.78 is 38.0. The molecule has 0 unspecified atom stereocenters. The number of ketones is 1. The van der Waals surface area contributed by atoms with E-state index in [2.05, 4.69) is 4.90 Å². The van der Waals surface area contributed by atoms with Crippen molar-refractivity contribution < 1.29 is 18.0 Å². The molecule has 25 heavy (non-hydrogen) atoms. The van der Waals surface area contributed by atoms with Crippen molar-refractivity contribution in [2.24, 2.45) is 0 Å². The summed E-state index contributed by atoms with van der Waals surface area (Å²) in [6.07, 6.45) is -0.833. The second kappa shape index (κ2) is 7.40. The summed E-state index contributed by atoms with van der Waals surface area (Å²) in [5.74, 6) is -0.235. The lowest BCUT2D eigenvalue weighted by Gasteiger charge is -2.27. The highest BCUT2D eigenvalue weighted by Crippen LogP contribution is 2.29. The third-order valence-electron chi connectivity index (χ3n) is 4.58. The molecular weight excluding hydrogens is 327 g/mol. The maximum Gasteiger partial charge on any atom is 0.416 e. The second-order valence-electron chi connectivity index (χ2n) is 6.40. The normalized spacial score (nSPS) is 16.0. The number of carbonyl (C=O) groups excluding carboxylic acids is 1. The summed E-state index contributed by atoms with van der Waals surface area (Å²) in [5, 5.41) is 0. The molecule has 0 aliphatic carbocycles. The van der Waals surface area contributed by atoms with E-state index in [-0.39, 0.29) is 11.3 Å². The van der Waals surface area contributed by atoms with Crippen LogP contribution in [-0.2, 0) is 12.7 Å². The highest BCUT2D eigenvalue weighted by molar-refractivity contribution is 6.09. The summed E-state index contributed by atoms with van der Waals surface area (Å²) in [6.45, 7) is 2.73. The number of benzene rings is 2. The smallest absolute Gasteiger partial charge is 0.299 e. The molecule has 1 fully saturated rings. The zero-order valence-electron chi connectivity index (χ0n) is 13.9. The van der Waals surface area contributed by atoms with Crippen LogP contribution in [0.1, 0.15) is 46.3 Å². The first kappa shape index (κ1) is 17.7. The van der Waals surface area contributed by atoms with Gasteiger partial charge in [0.25, 0.3) is 0 Å². The maximum absolute atomic E-state index is 12.8. The van der Waals surface area contributed by atoms with E-state index in [9.17, 15) is 18.0 Å². The number of rotatable bonds is 4. The van der Waals surface area contributed by atoms with Crippen molar-refractivity contribution in [3.63, 3.8) is 0 Å². The van der Waals surface area contributed by atoms with Gasteiger partial charge in [-0.25, -0.2) is 0 Å². The molecule has 0 amide bonds. The number of hydrogen-bond donors (Lipinski definition) is 0. The van der Waals surface area contributed by atoms with Crippen molar-refractivity contribution in [2.75, 3.05) is 13.1 Å². The Morgan fingerprint density at radius 1 is 0.920 bits per heavy atom. The van der Waals surface area contributed by atoms with E-state index in [1.807, 2.05) is 12.1 Å². The average Bonchev–Trinajstić information content (AvgIpc) is 2.62. The van der Waals surface area contributed by atoms with Gasteiger partial charge < -0.3 is 0 Å². The molecule has 132 valence electrons. The minimum Gasteiger partial charge on any atom is -0.299 e. The van der Waals surface area contributed by atoms with Crippen LogP contribution < -0.4 is 0 Å². The summed E-state index contributed by atoms with van der Waals surface area (Å²) in [4.78, 5) is 15.1. The predicted octanol–water partition coefficient (Wildman–Crippen LogP) is 4.92. The standard InChI is InChI=1S/C20H20F3NO/c21-20(22,23)17-10-8-15(9-11-17)19(25)18-7-3-2-6-16(18)14-24-12-4-1-5-13-24/h2-3,6-11H,1,4-5,12-14H2. The van der Waals surface area contributed by atoms with Crippen LogP contribution in [0.5, 0.6) is 0 Å². The summed E-state index contributed by atoms with van der Waals surface area (Å²) in [6, 6.07) is 11.8. The van der Waals surface area contributed by atoms with Gasteiger partial charge in [0, 0.05) is 17.7 Å². The molecule has 1 saturated heterocycles. The molecule has 0 spiro atoms. The van der Waals surface area contributed by atoms with Gasteiger partial charge in [0.1, 0.15) is 0 Å². The van der Waals surface area contributed by atoms with Crippen LogP contribution in [0.25, 0.3) is 0 Å². The van der Waals surface area contributed by atoms with Crippen molar-refractivity contribution in [3.05, 3.63) is 70.8 Å². The Labute approximate surface area is 145 Å². The van der Waals surface area contributed by atoms with Crippen LogP contribution >= 0.6 is 0 Å². The van der Waals surface area contributed by atoms with Crippen LogP contribution in [0.2, 0.25) is 0 Å². The lowest BCUT2D eigenvalue weighted by molar-refractivity contribution is -0.137. The van der Waals surface area contributed by atoms with Gasteiger partial charge in [0.2, 0.25) is 0 Å². The Kier molecular flexibility index (Phi) is 5.23. The van der Waals surface area contributed by atoms with Crippen molar-refractivity contribution in [2.45, 2.75) is 32.0 Å². The van der Waals surface area contributed by atoms with E-state index in [4.69, 9.17) is 0 Å². The molecule has 3 rings (SSSR count). The van der Waals surface area contributed by atoms with Crippen molar-refractivity contribution in [1.82, 2.24) is 4.90 Å². The maximum atomic E-state index is 12.8. The molecule has 1 aliphatic rings. The van der Waals surface area contributed by atoms with Gasteiger partial charge in [-0.3, -0.25) is 9.69 Å². The van der Waals surface area contributed by atoms with Gasteiger partial charge in [-0.15, -0.1) is 0 Å². The molecule has 2 nitrogen and oxygen atoms in total. The fourth-order valence-electron chi connectivity index (χ4n) is 3.20. The zero-order chi connectivity index (χ0) is 17.9. The third-order valence-corrected chi connectivity index (χ3v) is 4.58. The first-order valence-electron chi connectivity index (χ1n) is 8.47. The van der Waals surface area contributed by atoms with E-state index in [1.54, 1.807) is 12.1 Å². The number of piperidine rings is 1. The first-order chi connectivity index (χ1) is 11.9. The highest BCUT2D eigenvalue weighted by Gasteiger charge is 2.30. The average molecular weight is 347 g/mol. The molecule has 2 aromatic carbocycles. The zero-order valence-corrected chi connectivity index (χ0v) is 13.9. The molecule has 0 saturated carbocycles. The quantitative estimate of drug-likeness (QED) is 0.732. The van der Waals surface area contributed by atoms with Gasteiger partial charge in [-0.05, 0) is 43.6 Å². The molecule has 0 bridgehead atoms. The van der Waals surface area contributed by atoms with E-state index < -0.39 is 11.7 Å². The largest absolute Gasteiger partial charge is 0.416 e. The molecule has 5 heteroatoms. The van der Waals surface area contributed by atoms with Gasteiger partial charge in [0.15, 0.2) is 5.78 Å². The lowest BCUT2D eigenvalue weighted by Crippen LogP contribution is -2.29. The van der Waals surface area contributed by atoms with Gasteiger partial charge >= 0.3 is 6.18 Å². The lowest BCUT2D eigenvalue weighted by atomic mass is 9.97. The van der Waals surface area contributed by atoms with Crippen LogP contribution in [0.4, 0.5) is 13.2 Å².